The van der Waals surface area contributed by atoms with Crippen LogP contribution in [-0.4, -0.2) is 23.5 Å². The van der Waals surface area contributed by atoms with Gasteiger partial charge in [-0.3, -0.25) is 9.59 Å². The molecule has 0 bridgehead atoms. The Kier molecular flexibility index (Phi) is 4.78. The first-order chi connectivity index (χ1) is 14.0. The van der Waals surface area contributed by atoms with Crippen molar-refractivity contribution in [2.45, 2.75) is 13.2 Å². The molecule has 29 heavy (non-hydrogen) atoms. The SMILES string of the molecule is COCc1c[c]c2c3c(C(N)=O)cccc3n(Cc3cccc(C(N)=O)c3)c2c1. The van der Waals surface area contributed by atoms with E-state index >= 15 is 0 Å². The fourth-order valence-electron chi connectivity index (χ4n) is 3.73. The monoisotopic (exact) mass is 386 g/mol. The molecule has 1 heterocycles. The number of carbonyl (C=O) groups excluding carboxylic acids is 2. The number of amides is 2. The van der Waals surface area contributed by atoms with Gasteiger partial charge in [0.2, 0.25) is 11.8 Å². The first-order valence-electron chi connectivity index (χ1n) is 9.12. The zero-order valence-corrected chi connectivity index (χ0v) is 15.9. The van der Waals surface area contributed by atoms with Gasteiger partial charge in [0.05, 0.1) is 17.6 Å². The number of hydrogen-bond acceptors (Lipinski definition) is 3. The number of nitrogens with two attached hydrogens (primary N) is 2. The molecule has 4 aromatic rings. The van der Waals surface area contributed by atoms with Crippen molar-refractivity contribution in [3.05, 3.63) is 82.9 Å². The molecule has 0 atom stereocenters. The normalized spacial score (nSPS) is 11.2. The minimum atomic E-state index is -0.486. The maximum Gasteiger partial charge on any atom is 0.249 e. The second kappa shape index (κ2) is 7.41. The number of aromatic nitrogens is 1. The minimum absolute atomic E-state index is 0.452. The molecule has 0 spiro atoms. The summed E-state index contributed by atoms with van der Waals surface area (Å²) >= 11 is 0. The number of primary amides is 2. The molecule has 4 rings (SSSR count). The van der Waals surface area contributed by atoms with Crippen molar-refractivity contribution < 1.29 is 14.3 Å². The number of benzene rings is 3. The molecule has 2 amide bonds. The van der Waals surface area contributed by atoms with Gasteiger partial charge in [-0.05, 0) is 53.6 Å². The highest BCUT2D eigenvalue weighted by Crippen LogP contribution is 2.33. The molecule has 0 fully saturated rings. The van der Waals surface area contributed by atoms with E-state index in [1.807, 2.05) is 30.3 Å². The predicted octanol–water partition coefficient (Wildman–Crippen LogP) is 2.99. The fourth-order valence-corrected chi connectivity index (χ4v) is 3.73. The van der Waals surface area contributed by atoms with Crippen molar-refractivity contribution in [2.24, 2.45) is 11.5 Å². The number of carbonyl (C=O) groups is 2. The molecule has 1 radical (unpaired) electrons. The van der Waals surface area contributed by atoms with Crippen molar-refractivity contribution >= 4 is 33.6 Å². The average molecular weight is 386 g/mol. The van der Waals surface area contributed by atoms with Crippen molar-refractivity contribution in [3.8, 4) is 0 Å². The summed E-state index contributed by atoms with van der Waals surface area (Å²) in [6, 6.07) is 19.9. The smallest absolute Gasteiger partial charge is 0.249 e. The lowest BCUT2D eigenvalue weighted by Gasteiger charge is -2.10. The van der Waals surface area contributed by atoms with Crippen LogP contribution in [0.2, 0.25) is 0 Å². The van der Waals surface area contributed by atoms with Gasteiger partial charge in [0.15, 0.2) is 0 Å². The summed E-state index contributed by atoms with van der Waals surface area (Å²) in [5, 5.41) is 1.59. The van der Waals surface area contributed by atoms with Crippen LogP contribution in [-0.2, 0) is 17.9 Å². The number of hydrogen-bond donors (Lipinski definition) is 2. The molecule has 145 valence electrons. The molecular formula is C23H20N3O3. The molecule has 6 nitrogen and oxygen atoms in total. The zero-order chi connectivity index (χ0) is 20.5. The van der Waals surface area contributed by atoms with Gasteiger partial charge in [0.25, 0.3) is 0 Å². The van der Waals surface area contributed by atoms with E-state index in [1.165, 1.54) is 0 Å². The lowest BCUT2D eigenvalue weighted by Crippen LogP contribution is -2.12. The number of rotatable bonds is 6. The van der Waals surface area contributed by atoms with Crippen LogP contribution in [0.5, 0.6) is 0 Å². The molecule has 6 heteroatoms. The summed E-state index contributed by atoms with van der Waals surface area (Å²) in [6.07, 6.45) is 0. The van der Waals surface area contributed by atoms with E-state index in [2.05, 4.69) is 10.6 Å². The molecule has 0 saturated heterocycles. The lowest BCUT2D eigenvalue weighted by molar-refractivity contribution is 0.0992. The standard InChI is InChI=1S/C23H20N3O3/c1-29-13-15-8-9-17-20(11-15)26(12-14-4-2-5-16(10-14)22(24)27)19-7-3-6-18(21(17)19)23(25)28/h2-8,10-11H,12-13H2,1H3,(H2,24,27)(H2,25,28). The average Bonchev–Trinajstić information content (AvgIpc) is 3.01. The Bertz CT molecular complexity index is 1260. The molecule has 0 aliphatic carbocycles. The Morgan fingerprint density at radius 1 is 1.00 bits per heavy atom. The second-order valence-corrected chi connectivity index (χ2v) is 6.92. The molecule has 3 aromatic carbocycles. The molecule has 0 aliphatic rings. The third kappa shape index (κ3) is 3.34. The minimum Gasteiger partial charge on any atom is -0.380 e. The molecule has 0 aliphatic heterocycles. The van der Waals surface area contributed by atoms with Crippen LogP contribution in [0.25, 0.3) is 21.8 Å². The molecule has 4 N–H and O–H groups in total. The summed E-state index contributed by atoms with van der Waals surface area (Å²) in [4.78, 5) is 23.6. The van der Waals surface area contributed by atoms with Crippen LogP contribution in [0.3, 0.4) is 0 Å². The Balaban J connectivity index is 1.98. The maximum absolute atomic E-state index is 12.0. The number of ether oxygens (including phenoxy) is 1. The lowest BCUT2D eigenvalue weighted by atomic mass is 10.0. The molecule has 0 unspecified atom stereocenters. The Hall–Kier alpha value is -3.64. The van der Waals surface area contributed by atoms with E-state index in [0.717, 1.165) is 32.9 Å². The summed E-state index contributed by atoms with van der Waals surface area (Å²) in [6.45, 7) is 0.946. The van der Waals surface area contributed by atoms with Gasteiger partial charge in [-0.15, -0.1) is 0 Å². The number of fused-ring (bicyclic) bond motifs is 3. The fraction of sp³-hybridized carbons (Fsp3) is 0.130. The summed E-state index contributed by atoms with van der Waals surface area (Å²) in [7, 11) is 1.64. The van der Waals surface area contributed by atoms with E-state index < -0.39 is 11.8 Å². The summed E-state index contributed by atoms with van der Waals surface area (Å²) in [5.74, 6) is -0.958. The van der Waals surface area contributed by atoms with Crippen LogP contribution < -0.4 is 11.5 Å². The maximum atomic E-state index is 12.0. The quantitative estimate of drug-likeness (QED) is 0.533. The highest BCUT2D eigenvalue weighted by atomic mass is 16.5. The van der Waals surface area contributed by atoms with Crippen molar-refractivity contribution in [1.82, 2.24) is 4.57 Å². The highest BCUT2D eigenvalue weighted by Gasteiger charge is 2.17. The second-order valence-electron chi connectivity index (χ2n) is 6.92. The predicted molar refractivity (Wildman–Crippen MR) is 112 cm³/mol. The van der Waals surface area contributed by atoms with Crippen LogP contribution >= 0.6 is 0 Å². The van der Waals surface area contributed by atoms with Crippen molar-refractivity contribution in [3.63, 3.8) is 0 Å². The van der Waals surface area contributed by atoms with Crippen LogP contribution in [0, 0.1) is 6.07 Å². The van der Waals surface area contributed by atoms with Gasteiger partial charge in [-0.25, -0.2) is 0 Å². The van der Waals surface area contributed by atoms with Gasteiger partial charge in [0.1, 0.15) is 0 Å². The topological polar surface area (TPSA) is 100 Å². The summed E-state index contributed by atoms with van der Waals surface area (Å²) < 4.78 is 7.35. The number of nitrogens with zero attached hydrogens (tertiary/aromatic N) is 1. The van der Waals surface area contributed by atoms with E-state index in [9.17, 15) is 9.59 Å². The molecule has 1 aromatic heterocycles. The zero-order valence-electron chi connectivity index (χ0n) is 15.9. The van der Waals surface area contributed by atoms with Gasteiger partial charge >= 0.3 is 0 Å². The van der Waals surface area contributed by atoms with Crippen molar-refractivity contribution in [2.75, 3.05) is 7.11 Å². The van der Waals surface area contributed by atoms with E-state index in [0.29, 0.717) is 24.3 Å². The highest BCUT2D eigenvalue weighted by molar-refractivity contribution is 6.17. The Labute approximate surface area is 167 Å². The van der Waals surface area contributed by atoms with Gasteiger partial charge < -0.3 is 20.8 Å². The van der Waals surface area contributed by atoms with Crippen LogP contribution in [0.4, 0.5) is 0 Å². The third-order valence-corrected chi connectivity index (χ3v) is 4.98. The first-order valence-corrected chi connectivity index (χ1v) is 9.12. The Morgan fingerprint density at radius 2 is 1.79 bits per heavy atom. The van der Waals surface area contributed by atoms with E-state index in [4.69, 9.17) is 16.2 Å². The molecule has 0 saturated carbocycles. The summed E-state index contributed by atoms with van der Waals surface area (Å²) in [5.41, 5.74) is 15.6. The van der Waals surface area contributed by atoms with E-state index in [1.54, 1.807) is 31.4 Å². The van der Waals surface area contributed by atoms with E-state index in [-0.39, 0.29) is 0 Å². The van der Waals surface area contributed by atoms with Gasteiger partial charge in [-0.1, -0.05) is 18.2 Å². The van der Waals surface area contributed by atoms with Gasteiger partial charge in [0, 0.05) is 35.6 Å². The van der Waals surface area contributed by atoms with Crippen LogP contribution in [0.1, 0.15) is 31.8 Å². The van der Waals surface area contributed by atoms with Crippen molar-refractivity contribution in [1.29, 1.82) is 0 Å². The van der Waals surface area contributed by atoms with Gasteiger partial charge in [-0.2, -0.15) is 0 Å². The molecular weight excluding hydrogens is 366 g/mol. The van der Waals surface area contributed by atoms with Crippen LogP contribution in [0.15, 0.2) is 54.6 Å². The Morgan fingerprint density at radius 3 is 2.52 bits per heavy atom. The third-order valence-electron chi connectivity index (χ3n) is 4.98. The first kappa shape index (κ1) is 18.7. The largest absolute Gasteiger partial charge is 0.380 e. The number of methoxy groups -OCH3 is 1.